The molecule has 0 aromatic carbocycles. The number of aromatic nitrogens is 4. The average Bonchev–Trinajstić information content (AvgIpc) is 3.33. The topological polar surface area (TPSA) is 89.8 Å². The maximum absolute atomic E-state index is 12.4. The molecular weight excluding hydrogens is 326 g/mol. The lowest BCUT2D eigenvalue weighted by Crippen LogP contribution is -2.33. The SMILES string of the molecule is CCCCc1nnc(NC(=O)C(C)n2nc(C3CC3)ccc2=O)s1. The zero-order chi connectivity index (χ0) is 17.1. The normalized spacial score (nSPS) is 15.2. The van der Waals surface area contributed by atoms with Crippen molar-refractivity contribution in [2.24, 2.45) is 0 Å². The fourth-order valence-electron chi connectivity index (χ4n) is 2.37. The summed E-state index contributed by atoms with van der Waals surface area (Å²) in [7, 11) is 0. The number of carbonyl (C=O) groups is 1. The molecule has 0 saturated heterocycles. The first-order chi connectivity index (χ1) is 11.6. The highest BCUT2D eigenvalue weighted by molar-refractivity contribution is 7.15. The molecule has 3 rings (SSSR count). The van der Waals surface area contributed by atoms with Crippen molar-refractivity contribution in [2.45, 2.75) is 57.9 Å². The summed E-state index contributed by atoms with van der Waals surface area (Å²) in [4.78, 5) is 24.4. The van der Waals surface area contributed by atoms with E-state index in [-0.39, 0.29) is 11.5 Å². The van der Waals surface area contributed by atoms with Gasteiger partial charge in [-0.25, -0.2) is 4.68 Å². The Bertz CT molecular complexity index is 781. The highest BCUT2D eigenvalue weighted by Gasteiger charge is 2.27. The van der Waals surface area contributed by atoms with Gasteiger partial charge in [-0.1, -0.05) is 24.7 Å². The average molecular weight is 347 g/mol. The fraction of sp³-hybridized carbons (Fsp3) is 0.562. The van der Waals surface area contributed by atoms with E-state index in [1.54, 1.807) is 13.0 Å². The van der Waals surface area contributed by atoms with Gasteiger partial charge in [0.25, 0.3) is 11.5 Å². The Balaban J connectivity index is 1.69. The number of unbranched alkanes of at least 4 members (excludes halogenated alkanes) is 1. The molecule has 2 aromatic rings. The summed E-state index contributed by atoms with van der Waals surface area (Å²) in [5.74, 6) is 0.118. The minimum atomic E-state index is -0.695. The summed E-state index contributed by atoms with van der Waals surface area (Å²) < 4.78 is 1.25. The van der Waals surface area contributed by atoms with Crippen molar-refractivity contribution in [1.29, 1.82) is 0 Å². The maximum atomic E-state index is 12.4. The van der Waals surface area contributed by atoms with Crippen LogP contribution < -0.4 is 10.9 Å². The molecule has 1 amide bonds. The lowest BCUT2D eigenvalue weighted by atomic mass is 10.2. The molecular formula is C16H21N5O2S. The van der Waals surface area contributed by atoms with Gasteiger partial charge in [0, 0.05) is 18.4 Å². The smallest absolute Gasteiger partial charge is 0.267 e. The molecule has 0 spiro atoms. The van der Waals surface area contributed by atoms with E-state index in [2.05, 4.69) is 27.5 Å². The highest BCUT2D eigenvalue weighted by atomic mass is 32.1. The van der Waals surface area contributed by atoms with Crippen molar-refractivity contribution in [2.75, 3.05) is 5.32 Å². The number of carbonyl (C=O) groups excluding carboxylic acids is 1. The second-order valence-electron chi connectivity index (χ2n) is 6.09. The summed E-state index contributed by atoms with van der Waals surface area (Å²) in [5, 5.41) is 16.5. The standard InChI is InChI=1S/C16H21N5O2S/c1-3-4-5-13-18-19-16(24-13)17-15(23)10(2)21-14(22)9-8-12(20-21)11-6-7-11/h8-11H,3-7H2,1-2H3,(H,17,19,23). The molecule has 1 unspecified atom stereocenters. The number of hydrogen-bond donors (Lipinski definition) is 1. The zero-order valence-corrected chi connectivity index (χ0v) is 14.7. The van der Waals surface area contributed by atoms with Gasteiger partial charge in [-0.2, -0.15) is 5.10 Å². The molecule has 0 bridgehead atoms. The molecule has 1 N–H and O–H groups in total. The minimum absolute atomic E-state index is 0.275. The number of nitrogens with one attached hydrogen (secondary N) is 1. The predicted molar refractivity (Wildman–Crippen MR) is 92.3 cm³/mol. The van der Waals surface area contributed by atoms with E-state index in [1.165, 1.54) is 22.1 Å². The highest BCUT2D eigenvalue weighted by Crippen LogP contribution is 2.38. The monoisotopic (exact) mass is 347 g/mol. The maximum Gasteiger partial charge on any atom is 0.267 e. The van der Waals surface area contributed by atoms with Gasteiger partial charge in [0.2, 0.25) is 5.13 Å². The summed E-state index contributed by atoms with van der Waals surface area (Å²) in [6, 6.07) is 2.54. The Morgan fingerprint density at radius 1 is 1.42 bits per heavy atom. The van der Waals surface area contributed by atoms with E-state index in [1.807, 2.05) is 0 Å². The van der Waals surface area contributed by atoms with Gasteiger partial charge in [0.15, 0.2) is 0 Å². The molecule has 8 heteroatoms. The van der Waals surface area contributed by atoms with Crippen LogP contribution in [0.5, 0.6) is 0 Å². The van der Waals surface area contributed by atoms with E-state index in [4.69, 9.17) is 0 Å². The van der Waals surface area contributed by atoms with Crippen molar-refractivity contribution < 1.29 is 4.79 Å². The van der Waals surface area contributed by atoms with Crippen molar-refractivity contribution in [3.05, 3.63) is 33.2 Å². The number of hydrogen-bond acceptors (Lipinski definition) is 6. The molecule has 2 aromatic heterocycles. The van der Waals surface area contributed by atoms with Crippen molar-refractivity contribution in [3.63, 3.8) is 0 Å². The molecule has 1 aliphatic rings. The van der Waals surface area contributed by atoms with Gasteiger partial charge in [0.1, 0.15) is 11.0 Å². The van der Waals surface area contributed by atoms with Gasteiger partial charge in [-0.05, 0) is 32.3 Å². The van der Waals surface area contributed by atoms with Gasteiger partial charge in [0.05, 0.1) is 5.69 Å². The lowest BCUT2D eigenvalue weighted by molar-refractivity contribution is -0.119. The summed E-state index contributed by atoms with van der Waals surface area (Å²) in [5.41, 5.74) is 0.606. The molecule has 2 heterocycles. The molecule has 1 saturated carbocycles. The molecule has 1 atom stereocenters. The van der Waals surface area contributed by atoms with Crippen LogP contribution in [0, 0.1) is 0 Å². The van der Waals surface area contributed by atoms with Gasteiger partial charge < -0.3 is 0 Å². The van der Waals surface area contributed by atoms with E-state index in [0.29, 0.717) is 11.0 Å². The third-order valence-electron chi connectivity index (χ3n) is 4.03. The molecule has 24 heavy (non-hydrogen) atoms. The Morgan fingerprint density at radius 3 is 2.92 bits per heavy atom. The third kappa shape index (κ3) is 3.87. The molecule has 7 nitrogen and oxygen atoms in total. The van der Waals surface area contributed by atoms with Crippen molar-refractivity contribution in [1.82, 2.24) is 20.0 Å². The Hall–Kier alpha value is -2.09. The van der Waals surface area contributed by atoms with Crippen LogP contribution in [0.1, 0.15) is 62.2 Å². The quantitative estimate of drug-likeness (QED) is 0.831. The van der Waals surface area contributed by atoms with Crippen molar-refractivity contribution >= 4 is 22.4 Å². The largest absolute Gasteiger partial charge is 0.299 e. The van der Waals surface area contributed by atoms with E-state index >= 15 is 0 Å². The Morgan fingerprint density at radius 2 is 2.21 bits per heavy atom. The summed E-state index contributed by atoms with van der Waals surface area (Å²) in [6.45, 7) is 3.78. The molecule has 1 aliphatic carbocycles. The van der Waals surface area contributed by atoms with Crippen LogP contribution >= 0.6 is 11.3 Å². The van der Waals surface area contributed by atoms with Crippen LogP contribution in [0.25, 0.3) is 0 Å². The molecule has 1 fully saturated rings. The van der Waals surface area contributed by atoms with Crippen LogP contribution in [-0.4, -0.2) is 25.9 Å². The van der Waals surface area contributed by atoms with E-state index < -0.39 is 6.04 Å². The number of aryl methyl sites for hydroxylation is 1. The fourth-order valence-corrected chi connectivity index (χ4v) is 3.15. The first-order valence-corrected chi connectivity index (χ1v) is 9.13. The first-order valence-electron chi connectivity index (χ1n) is 8.31. The van der Waals surface area contributed by atoms with Gasteiger partial charge in [-0.15, -0.1) is 10.2 Å². The number of nitrogens with zero attached hydrogens (tertiary/aromatic N) is 4. The summed E-state index contributed by atoms with van der Waals surface area (Å²) in [6.07, 6.45) is 5.19. The van der Waals surface area contributed by atoms with E-state index in [9.17, 15) is 9.59 Å². The van der Waals surface area contributed by atoms with Gasteiger partial charge in [-0.3, -0.25) is 14.9 Å². The number of amides is 1. The van der Waals surface area contributed by atoms with Crippen LogP contribution in [-0.2, 0) is 11.2 Å². The van der Waals surface area contributed by atoms with E-state index in [0.717, 1.165) is 42.8 Å². The lowest BCUT2D eigenvalue weighted by Gasteiger charge is -2.13. The molecule has 0 radical (unpaired) electrons. The molecule has 128 valence electrons. The summed E-state index contributed by atoms with van der Waals surface area (Å²) >= 11 is 1.37. The number of rotatable bonds is 7. The third-order valence-corrected chi connectivity index (χ3v) is 4.93. The number of anilines is 1. The van der Waals surface area contributed by atoms with Crippen LogP contribution in [0.4, 0.5) is 5.13 Å². The second kappa shape index (κ2) is 7.21. The minimum Gasteiger partial charge on any atom is -0.299 e. The van der Waals surface area contributed by atoms with Crippen molar-refractivity contribution in [3.8, 4) is 0 Å². The van der Waals surface area contributed by atoms with Gasteiger partial charge >= 0.3 is 0 Å². The van der Waals surface area contributed by atoms with Crippen LogP contribution in [0.15, 0.2) is 16.9 Å². The first kappa shape index (κ1) is 16.8. The Kier molecular flexibility index (Phi) is 5.03. The molecule has 0 aliphatic heterocycles. The van der Waals surface area contributed by atoms with Crippen LogP contribution in [0.2, 0.25) is 0 Å². The predicted octanol–water partition coefficient (Wildman–Crippen LogP) is 2.51. The van der Waals surface area contributed by atoms with Crippen LogP contribution in [0.3, 0.4) is 0 Å². The zero-order valence-electron chi connectivity index (χ0n) is 13.9. The Labute approximate surface area is 144 Å². The second-order valence-corrected chi connectivity index (χ2v) is 7.15.